The first-order valence-corrected chi connectivity index (χ1v) is 9.18. The molecule has 0 bridgehead atoms. The van der Waals surface area contributed by atoms with Crippen molar-refractivity contribution in [3.8, 4) is 0 Å². The third-order valence-electron chi connectivity index (χ3n) is 2.99. The summed E-state index contributed by atoms with van der Waals surface area (Å²) in [7, 11) is -2.23. The van der Waals surface area contributed by atoms with Crippen molar-refractivity contribution in [1.29, 1.82) is 0 Å². The van der Waals surface area contributed by atoms with Gasteiger partial charge in [-0.05, 0) is 31.4 Å². The van der Waals surface area contributed by atoms with Crippen LogP contribution >= 0.6 is 23.4 Å². The molecule has 0 saturated carbocycles. The third-order valence-corrected chi connectivity index (χ3v) is 5.89. The zero-order chi connectivity index (χ0) is 14.8. The maximum Gasteiger partial charge on any atom is 0.243 e. The molecule has 20 heavy (non-hydrogen) atoms. The Morgan fingerprint density at radius 1 is 1.50 bits per heavy atom. The van der Waals surface area contributed by atoms with E-state index in [4.69, 9.17) is 11.6 Å². The van der Waals surface area contributed by atoms with E-state index in [9.17, 15) is 12.8 Å². The number of rotatable bonds is 5. The number of halogens is 2. The summed E-state index contributed by atoms with van der Waals surface area (Å²) in [5, 5.41) is 2.99. The maximum absolute atomic E-state index is 14.3. The first-order chi connectivity index (χ1) is 9.44. The van der Waals surface area contributed by atoms with E-state index in [1.54, 1.807) is 18.8 Å². The number of hydrogen-bond donors (Lipinski definition) is 2. The second kappa shape index (κ2) is 6.62. The monoisotopic (exact) mass is 338 g/mol. The topological polar surface area (TPSA) is 58.2 Å². The minimum Gasteiger partial charge on any atom is -0.316 e. The molecule has 1 aliphatic rings. The molecular weight excluding hydrogens is 323 g/mol. The predicted molar refractivity (Wildman–Crippen MR) is 80.2 cm³/mol. The van der Waals surface area contributed by atoms with Crippen molar-refractivity contribution in [3.05, 3.63) is 28.5 Å². The number of sulfonamides is 1. The minimum absolute atomic E-state index is 0.142. The fourth-order valence-corrected chi connectivity index (χ4v) is 5.02. The lowest BCUT2D eigenvalue weighted by Crippen LogP contribution is -2.35. The summed E-state index contributed by atoms with van der Waals surface area (Å²) in [6, 6.07) is 2.44. The molecule has 8 heteroatoms. The van der Waals surface area contributed by atoms with Crippen LogP contribution in [0.3, 0.4) is 0 Å². The quantitative estimate of drug-likeness (QED) is 0.862. The van der Waals surface area contributed by atoms with E-state index in [0.29, 0.717) is 5.75 Å². The largest absolute Gasteiger partial charge is 0.316 e. The predicted octanol–water partition coefficient (Wildman–Crippen LogP) is 1.98. The van der Waals surface area contributed by atoms with Gasteiger partial charge in [0.15, 0.2) is 0 Å². The van der Waals surface area contributed by atoms with Gasteiger partial charge in [-0.1, -0.05) is 11.6 Å². The van der Waals surface area contributed by atoms with Gasteiger partial charge >= 0.3 is 0 Å². The molecule has 1 atom stereocenters. The standard InChI is InChI=1S/C12H16ClFN2O2S2/c1-15-6-8-4-9(13)5-11(12(8)14)20(17,18)16-10-2-3-19-7-10/h4-5,10,15-16H,2-3,6-7H2,1H3. The molecule has 0 spiro atoms. The van der Waals surface area contributed by atoms with Gasteiger partial charge in [0.1, 0.15) is 10.7 Å². The summed E-state index contributed by atoms with van der Waals surface area (Å²) in [6.45, 7) is 0.216. The fourth-order valence-electron chi connectivity index (χ4n) is 2.04. The zero-order valence-electron chi connectivity index (χ0n) is 10.9. The molecule has 1 heterocycles. The molecule has 0 amide bonds. The molecule has 112 valence electrons. The normalized spacial score (nSPS) is 19.4. The number of thioether (sulfide) groups is 1. The van der Waals surface area contributed by atoms with Gasteiger partial charge in [-0.15, -0.1) is 0 Å². The Hall–Kier alpha value is -0.340. The van der Waals surface area contributed by atoms with Crippen molar-refractivity contribution >= 4 is 33.4 Å². The first-order valence-electron chi connectivity index (χ1n) is 6.16. The van der Waals surface area contributed by atoms with Crippen LogP contribution in [0.2, 0.25) is 5.02 Å². The van der Waals surface area contributed by atoms with E-state index < -0.39 is 15.8 Å². The molecule has 1 fully saturated rings. The van der Waals surface area contributed by atoms with Gasteiger partial charge < -0.3 is 5.32 Å². The van der Waals surface area contributed by atoms with E-state index >= 15 is 0 Å². The van der Waals surface area contributed by atoms with E-state index in [2.05, 4.69) is 10.0 Å². The Balaban J connectivity index is 2.34. The van der Waals surface area contributed by atoms with Crippen LogP contribution in [0.25, 0.3) is 0 Å². The molecule has 1 unspecified atom stereocenters. The van der Waals surface area contributed by atoms with Crippen LogP contribution in [0.15, 0.2) is 17.0 Å². The summed E-state index contributed by atoms with van der Waals surface area (Å²) >= 11 is 7.57. The van der Waals surface area contributed by atoms with Gasteiger partial charge in [0.05, 0.1) is 0 Å². The highest BCUT2D eigenvalue weighted by molar-refractivity contribution is 7.99. The number of benzene rings is 1. The second-order valence-electron chi connectivity index (χ2n) is 4.59. The lowest BCUT2D eigenvalue weighted by atomic mass is 10.2. The molecule has 0 radical (unpaired) electrons. The van der Waals surface area contributed by atoms with Crippen molar-refractivity contribution < 1.29 is 12.8 Å². The summed E-state index contributed by atoms with van der Waals surface area (Å²) in [6.07, 6.45) is 0.759. The zero-order valence-corrected chi connectivity index (χ0v) is 13.3. The van der Waals surface area contributed by atoms with Crippen LogP contribution < -0.4 is 10.0 Å². The molecule has 2 rings (SSSR count). The Labute approximate surface area is 127 Å². The first kappa shape index (κ1) is 16.0. The van der Waals surface area contributed by atoms with Crippen LogP contribution in [0.5, 0.6) is 0 Å². The van der Waals surface area contributed by atoms with Crippen LogP contribution in [-0.4, -0.2) is 33.0 Å². The highest BCUT2D eigenvalue weighted by atomic mass is 35.5. The van der Waals surface area contributed by atoms with Crippen molar-refractivity contribution in [2.24, 2.45) is 0 Å². The maximum atomic E-state index is 14.3. The molecule has 1 aliphatic heterocycles. The van der Waals surface area contributed by atoms with Gasteiger partial charge in [-0.25, -0.2) is 17.5 Å². The molecular formula is C12H16ClFN2O2S2. The highest BCUT2D eigenvalue weighted by Gasteiger charge is 2.27. The van der Waals surface area contributed by atoms with E-state index in [1.807, 2.05) is 0 Å². The van der Waals surface area contributed by atoms with Crippen LogP contribution in [0.4, 0.5) is 4.39 Å². The molecule has 0 aromatic heterocycles. The Morgan fingerprint density at radius 2 is 2.25 bits per heavy atom. The van der Waals surface area contributed by atoms with Crippen molar-refractivity contribution in [3.63, 3.8) is 0 Å². The van der Waals surface area contributed by atoms with Crippen LogP contribution in [-0.2, 0) is 16.6 Å². The second-order valence-corrected chi connectivity index (χ2v) is 7.86. The van der Waals surface area contributed by atoms with Gasteiger partial charge in [-0.3, -0.25) is 0 Å². The average Bonchev–Trinajstić information content (AvgIpc) is 2.85. The lowest BCUT2D eigenvalue weighted by Gasteiger charge is -2.14. The molecule has 1 aromatic rings. The summed E-state index contributed by atoms with van der Waals surface area (Å²) in [5.74, 6) is 0.878. The van der Waals surface area contributed by atoms with Gasteiger partial charge in [0.25, 0.3) is 0 Å². The summed E-state index contributed by atoms with van der Waals surface area (Å²) in [4.78, 5) is -0.382. The minimum atomic E-state index is -3.89. The average molecular weight is 339 g/mol. The SMILES string of the molecule is CNCc1cc(Cl)cc(S(=O)(=O)NC2CCSC2)c1F. The number of hydrogen-bond acceptors (Lipinski definition) is 4. The van der Waals surface area contributed by atoms with Crippen molar-refractivity contribution in [2.75, 3.05) is 18.6 Å². The summed E-state index contributed by atoms with van der Waals surface area (Å²) < 4.78 is 41.4. The van der Waals surface area contributed by atoms with E-state index in [-0.39, 0.29) is 28.1 Å². The van der Waals surface area contributed by atoms with Crippen LogP contribution in [0, 0.1) is 5.82 Å². The van der Waals surface area contributed by atoms with Crippen molar-refractivity contribution in [2.45, 2.75) is 23.9 Å². The number of nitrogens with one attached hydrogen (secondary N) is 2. The molecule has 4 nitrogen and oxygen atoms in total. The van der Waals surface area contributed by atoms with E-state index in [0.717, 1.165) is 18.2 Å². The third kappa shape index (κ3) is 3.65. The van der Waals surface area contributed by atoms with Crippen LogP contribution in [0.1, 0.15) is 12.0 Å². The molecule has 0 aliphatic carbocycles. The lowest BCUT2D eigenvalue weighted by molar-refractivity contribution is 0.536. The molecule has 1 saturated heterocycles. The van der Waals surface area contributed by atoms with Gasteiger partial charge in [0.2, 0.25) is 10.0 Å². The van der Waals surface area contributed by atoms with E-state index in [1.165, 1.54) is 6.07 Å². The Morgan fingerprint density at radius 3 is 2.85 bits per heavy atom. The smallest absolute Gasteiger partial charge is 0.243 e. The fraction of sp³-hybridized carbons (Fsp3) is 0.500. The van der Waals surface area contributed by atoms with Gasteiger partial charge in [-0.2, -0.15) is 11.8 Å². The Kier molecular flexibility index (Phi) is 5.30. The molecule has 2 N–H and O–H groups in total. The highest BCUT2D eigenvalue weighted by Crippen LogP contribution is 2.25. The van der Waals surface area contributed by atoms with Crippen molar-refractivity contribution in [1.82, 2.24) is 10.0 Å². The Bertz CT molecular complexity index is 589. The summed E-state index contributed by atoms with van der Waals surface area (Å²) in [5.41, 5.74) is 0.237. The van der Waals surface area contributed by atoms with Gasteiger partial charge in [0, 0.05) is 28.9 Å². The molecule has 1 aromatic carbocycles.